The highest BCUT2D eigenvalue weighted by Gasteiger charge is 2.31. The van der Waals surface area contributed by atoms with Crippen molar-refractivity contribution in [2.24, 2.45) is 5.92 Å². The van der Waals surface area contributed by atoms with Gasteiger partial charge in [0.15, 0.2) is 0 Å². The van der Waals surface area contributed by atoms with Gasteiger partial charge in [0.1, 0.15) is 10.7 Å². The quantitative estimate of drug-likeness (QED) is 0.822. The van der Waals surface area contributed by atoms with Crippen molar-refractivity contribution in [1.82, 2.24) is 9.29 Å². The smallest absolute Gasteiger partial charge is 0.244 e. The lowest BCUT2D eigenvalue weighted by Gasteiger charge is -2.30. The highest BCUT2D eigenvalue weighted by Crippen LogP contribution is 2.23. The van der Waals surface area contributed by atoms with Crippen molar-refractivity contribution in [3.05, 3.63) is 24.5 Å². The SMILES string of the molecule is CC(=O)C1CCCN(S(=O)(=O)c2cccnc2)C1. The molecule has 98 valence electrons. The van der Waals surface area contributed by atoms with E-state index >= 15 is 0 Å². The summed E-state index contributed by atoms with van der Waals surface area (Å²) in [4.78, 5) is 15.4. The Kier molecular flexibility index (Phi) is 3.77. The van der Waals surface area contributed by atoms with Gasteiger partial charge in [-0.15, -0.1) is 0 Å². The monoisotopic (exact) mass is 268 g/mol. The number of sulfonamides is 1. The second-order valence-corrected chi connectivity index (χ2v) is 6.44. The number of ketones is 1. The van der Waals surface area contributed by atoms with Crippen LogP contribution < -0.4 is 0 Å². The average Bonchev–Trinajstić information content (AvgIpc) is 2.40. The van der Waals surface area contributed by atoms with Gasteiger partial charge in [0.25, 0.3) is 0 Å². The maximum atomic E-state index is 12.3. The van der Waals surface area contributed by atoms with Crippen molar-refractivity contribution < 1.29 is 13.2 Å². The Hall–Kier alpha value is -1.27. The summed E-state index contributed by atoms with van der Waals surface area (Å²) in [7, 11) is -3.51. The number of piperidine rings is 1. The van der Waals surface area contributed by atoms with E-state index in [1.54, 1.807) is 6.07 Å². The molecular formula is C12H16N2O3S. The number of carbonyl (C=O) groups is 1. The highest BCUT2D eigenvalue weighted by atomic mass is 32.2. The normalized spacial score (nSPS) is 21.7. The third-order valence-electron chi connectivity index (χ3n) is 3.23. The molecule has 1 aliphatic heterocycles. The first kappa shape index (κ1) is 13.2. The van der Waals surface area contributed by atoms with Gasteiger partial charge in [-0.05, 0) is 31.9 Å². The third-order valence-corrected chi connectivity index (χ3v) is 5.08. The van der Waals surface area contributed by atoms with Crippen LogP contribution in [0.25, 0.3) is 0 Å². The molecule has 0 N–H and O–H groups in total. The first-order chi connectivity index (χ1) is 8.51. The van der Waals surface area contributed by atoms with E-state index in [4.69, 9.17) is 0 Å². The number of aromatic nitrogens is 1. The van der Waals surface area contributed by atoms with E-state index in [2.05, 4.69) is 4.98 Å². The Morgan fingerprint density at radius 3 is 2.89 bits per heavy atom. The van der Waals surface area contributed by atoms with E-state index in [-0.39, 0.29) is 23.1 Å². The maximum Gasteiger partial charge on any atom is 0.244 e. The molecule has 1 aromatic heterocycles. The van der Waals surface area contributed by atoms with Gasteiger partial charge >= 0.3 is 0 Å². The number of rotatable bonds is 3. The largest absolute Gasteiger partial charge is 0.300 e. The van der Waals surface area contributed by atoms with Crippen molar-refractivity contribution in [3.63, 3.8) is 0 Å². The van der Waals surface area contributed by atoms with E-state index in [0.29, 0.717) is 6.54 Å². The van der Waals surface area contributed by atoms with E-state index < -0.39 is 10.0 Å². The number of carbonyl (C=O) groups excluding carboxylic acids is 1. The van der Waals surface area contributed by atoms with E-state index in [1.165, 1.54) is 29.7 Å². The highest BCUT2D eigenvalue weighted by molar-refractivity contribution is 7.89. The molecule has 5 nitrogen and oxygen atoms in total. The minimum absolute atomic E-state index is 0.0566. The van der Waals surface area contributed by atoms with Crippen LogP contribution in [0.2, 0.25) is 0 Å². The summed E-state index contributed by atoms with van der Waals surface area (Å²) in [6.45, 7) is 2.28. The van der Waals surface area contributed by atoms with Gasteiger partial charge in [0, 0.05) is 31.4 Å². The van der Waals surface area contributed by atoms with Gasteiger partial charge in [0.05, 0.1) is 0 Å². The summed E-state index contributed by atoms with van der Waals surface area (Å²) in [5.74, 6) is -0.119. The van der Waals surface area contributed by atoms with Crippen LogP contribution in [0, 0.1) is 5.92 Å². The van der Waals surface area contributed by atoms with Gasteiger partial charge in [-0.2, -0.15) is 4.31 Å². The van der Waals surface area contributed by atoms with Crippen LogP contribution in [-0.4, -0.2) is 36.6 Å². The van der Waals surface area contributed by atoms with Crippen LogP contribution in [0.1, 0.15) is 19.8 Å². The molecule has 0 aliphatic carbocycles. The summed E-state index contributed by atoms with van der Waals surface area (Å²) < 4.78 is 26.0. The Morgan fingerprint density at radius 2 is 2.28 bits per heavy atom. The molecule has 0 amide bonds. The Balaban J connectivity index is 2.23. The molecule has 2 rings (SSSR count). The predicted molar refractivity (Wildman–Crippen MR) is 66.4 cm³/mol. The van der Waals surface area contributed by atoms with Crippen LogP contribution in [0.5, 0.6) is 0 Å². The molecule has 1 unspecified atom stereocenters. The van der Waals surface area contributed by atoms with Crippen molar-refractivity contribution in [3.8, 4) is 0 Å². The van der Waals surface area contributed by atoms with Gasteiger partial charge in [-0.25, -0.2) is 8.42 Å². The lowest BCUT2D eigenvalue weighted by molar-refractivity contribution is -0.121. The van der Waals surface area contributed by atoms with Crippen molar-refractivity contribution in [2.45, 2.75) is 24.7 Å². The number of nitrogens with zero attached hydrogens (tertiary/aromatic N) is 2. The fourth-order valence-corrected chi connectivity index (χ4v) is 3.63. The van der Waals surface area contributed by atoms with Gasteiger partial charge in [-0.3, -0.25) is 9.78 Å². The maximum absolute atomic E-state index is 12.3. The second-order valence-electron chi connectivity index (χ2n) is 4.50. The molecule has 0 spiro atoms. The van der Waals surface area contributed by atoms with Crippen molar-refractivity contribution >= 4 is 15.8 Å². The van der Waals surface area contributed by atoms with Crippen LogP contribution in [0.4, 0.5) is 0 Å². The first-order valence-corrected chi connectivity index (χ1v) is 7.36. The minimum atomic E-state index is -3.51. The van der Waals surface area contributed by atoms with Crippen LogP contribution in [0.3, 0.4) is 0 Å². The third kappa shape index (κ3) is 2.59. The van der Waals surface area contributed by atoms with Crippen LogP contribution in [-0.2, 0) is 14.8 Å². The summed E-state index contributed by atoms with van der Waals surface area (Å²) in [6.07, 6.45) is 4.37. The summed E-state index contributed by atoms with van der Waals surface area (Å²) >= 11 is 0. The zero-order valence-electron chi connectivity index (χ0n) is 10.2. The molecule has 1 atom stereocenters. The second kappa shape index (κ2) is 5.16. The molecule has 1 aliphatic rings. The number of Topliss-reactive ketones (excluding diaryl/α,β-unsaturated/α-hetero) is 1. The Morgan fingerprint density at radius 1 is 1.50 bits per heavy atom. The molecular weight excluding hydrogens is 252 g/mol. The molecule has 1 fully saturated rings. The Bertz CT molecular complexity index is 528. The number of hydrogen-bond donors (Lipinski definition) is 0. The summed E-state index contributed by atoms with van der Waals surface area (Å²) in [6, 6.07) is 3.12. The molecule has 18 heavy (non-hydrogen) atoms. The minimum Gasteiger partial charge on any atom is -0.300 e. The molecule has 0 saturated carbocycles. The first-order valence-electron chi connectivity index (χ1n) is 5.92. The molecule has 0 radical (unpaired) electrons. The zero-order chi connectivity index (χ0) is 13.2. The van der Waals surface area contributed by atoms with Gasteiger partial charge in [-0.1, -0.05) is 0 Å². The molecule has 6 heteroatoms. The molecule has 0 bridgehead atoms. The number of hydrogen-bond acceptors (Lipinski definition) is 4. The molecule has 1 aromatic rings. The summed E-state index contributed by atoms with van der Waals surface area (Å²) in [5, 5.41) is 0. The average molecular weight is 268 g/mol. The lowest BCUT2D eigenvalue weighted by atomic mass is 9.96. The summed E-state index contributed by atoms with van der Waals surface area (Å²) in [5.41, 5.74) is 0. The van der Waals surface area contributed by atoms with Crippen LogP contribution in [0.15, 0.2) is 29.4 Å². The van der Waals surface area contributed by atoms with E-state index in [1.807, 2.05) is 0 Å². The van der Waals surface area contributed by atoms with Crippen LogP contribution >= 0.6 is 0 Å². The predicted octanol–water partition coefficient (Wildman–Crippen LogP) is 1.07. The Labute approximate surface area is 107 Å². The lowest BCUT2D eigenvalue weighted by Crippen LogP contribution is -2.41. The van der Waals surface area contributed by atoms with Gasteiger partial charge in [0.2, 0.25) is 10.0 Å². The molecule has 1 saturated heterocycles. The topological polar surface area (TPSA) is 67.3 Å². The van der Waals surface area contributed by atoms with E-state index in [9.17, 15) is 13.2 Å². The fraction of sp³-hybridized carbons (Fsp3) is 0.500. The van der Waals surface area contributed by atoms with Gasteiger partial charge < -0.3 is 0 Å². The standard InChI is InChI=1S/C12H16N2O3S/c1-10(15)11-4-3-7-14(9-11)18(16,17)12-5-2-6-13-8-12/h2,5-6,8,11H,3-4,7,9H2,1H3. The zero-order valence-corrected chi connectivity index (χ0v) is 11.1. The number of pyridine rings is 1. The fourth-order valence-electron chi connectivity index (χ4n) is 2.14. The van der Waals surface area contributed by atoms with Crippen molar-refractivity contribution in [2.75, 3.05) is 13.1 Å². The molecule has 2 heterocycles. The molecule has 0 aromatic carbocycles. The van der Waals surface area contributed by atoms with Crippen molar-refractivity contribution in [1.29, 1.82) is 0 Å². The van der Waals surface area contributed by atoms with E-state index in [0.717, 1.165) is 12.8 Å².